The molecular formula is C13H15NO4S. The van der Waals surface area contributed by atoms with Gasteiger partial charge in [-0.3, -0.25) is 14.9 Å². The van der Waals surface area contributed by atoms with Crippen molar-refractivity contribution < 1.29 is 14.5 Å². The quantitative estimate of drug-likeness (QED) is 0.454. The lowest BCUT2D eigenvalue weighted by molar-refractivity contribution is -0.384. The number of nitro groups is 1. The van der Waals surface area contributed by atoms with E-state index in [1.807, 2.05) is 6.08 Å². The summed E-state index contributed by atoms with van der Waals surface area (Å²) in [6.07, 6.45) is 4.40. The maximum atomic E-state index is 10.8. The van der Waals surface area contributed by atoms with E-state index in [0.29, 0.717) is 17.1 Å². The minimum Gasteiger partial charge on any atom is -0.496 e. The van der Waals surface area contributed by atoms with Gasteiger partial charge in [-0.25, -0.2) is 0 Å². The third-order valence-corrected chi connectivity index (χ3v) is 3.11. The smallest absolute Gasteiger partial charge is 0.273 e. The Kier molecular flexibility index (Phi) is 6.08. The predicted molar refractivity (Wildman–Crippen MR) is 76.4 cm³/mol. The SMILES string of the molecule is COc1cc(C=CCCSC(C)=O)cc([N+](=O)[O-])c1. The van der Waals surface area contributed by atoms with E-state index in [1.165, 1.54) is 37.9 Å². The molecule has 0 aromatic heterocycles. The molecule has 5 nitrogen and oxygen atoms in total. The monoisotopic (exact) mass is 281 g/mol. The Morgan fingerprint density at radius 2 is 2.21 bits per heavy atom. The number of hydrogen-bond donors (Lipinski definition) is 0. The average Bonchev–Trinajstić information content (AvgIpc) is 2.37. The minimum atomic E-state index is -0.453. The topological polar surface area (TPSA) is 69.4 Å². The van der Waals surface area contributed by atoms with Crippen molar-refractivity contribution in [2.24, 2.45) is 0 Å². The summed E-state index contributed by atoms with van der Waals surface area (Å²) in [6, 6.07) is 4.59. The molecule has 0 heterocycles. The van der Waals surface area contributed by atoms with Crippen LogP contribution in [0.2, 0.25) is 0 Å². The van der Waals surface area contributed by atoms with E-state index >= 15 is 0 Å². The van der Waals surface area contributed by atoms with Gasteiger partial charge in [0.1, 0.15) is 5.75 Å². The zero-order valence-corrected chi connectivity index (χ0v) is 11.6. The van der Waals surface area contributed by atoms with Crippen molar-refractivity contribution in [1.82, 2.24) is 0 Å². The van der Waals surface area contributed by atoms with E-state index in [-0.39, 0.29) is 10.8 Å². The zero-order valence-electron chi connectivity index (χ0n) is 10.8. The van der Waals surface area contributed by atoms with E-state index in [0.717, 1.165) is 6.42 Å². The number of allylic oxidation sites excluding steroid dienone is 1. The summed E-state index contributed by atoms with van der Waals surface area (Å²) in [5.41, 5.74) is 0.705. The number of ether oxygens (including phenoxy) is 1. The molecule has 0 saturated heterocycles. The number of non-ortho nitro benzene ring substituents is 1. The van der Waals surface area contributed by atoms with Gasteiger partial charge in [0.25, 0.3) is 5.69 Å². The highest BCUT2D eigenvalue weighted by atomic mass is 32.2. The van der Waals surface area contributed by atoms with Crippen LogP contribution in [0, 0.1) is 10.1 Å². The van der Waals surface area contributed by atoms with Crippen LogP contribution in [-0.2, 0) is 4.79 Å². The van der Waals surface area contributed by atoms with Crippen molar-refractivity contribution in [3.05, 3.63) is 40.0 Å². The molecule has 0 aliphatic rings. The molecule has 0 aliphatic carbocycles. The normalized spacial score (nSPS) is 10.6. The molecule has 0 fully saturated rings. The van der Waals surface area contributed by atoms with Gasteiger partial charge in [-0.05, 0) is 18.1 Å². The largest absolute Gasteiger partial charge is 0.496 e. The fourth-order valence-electron chi connectivity index (χ4n) is 1.42. The summed E-state index contributed by atoms with van der Waals surface area (Å²) in [4.78, 5) is 21.0. The number of nitrogens with zero attached hydrogens (tertiary/aromatic N) is 1. The first-order chi connectivity index (χ1) is 9.02. The maximum Gasteiger partial charge on any atom is 0.273 e. The van der Waals surface area contributed by atoms with Gasteiger partial charge in [0, 0.05) is 18.7 Å². The number of carbonyl (C=O) groups excluding carboxylic acids is 1. The molecule has 0 N–H and O–H groups in total. The molecule has 0 amide bonds. The van der Waals surface area contributed by atoms with Gasteiger partial charge >= 0.3 is 0 Å². The van der Waals surface area contributed by atoms with E-state index in [9.17, 15) is 14.9 Å². The molecule has 0 spiro atoms. The molecule has 0 unspecified atom stereocenters. The molecule has 0 radical (unpaired) electrons. The highest BCUT2D eigenvalue weighted by Gasteiger charge is 2.08. The first kappa shape index (κ1) is 15.2. The van der Waals surface area contributed by atoms with Crippen LogP contribution in [0.25, 0.3) is 6.08 Å². The number of thioether (sulfide) groups is 1. The van der Waals surface area contributed by atoms with Crippen LogP contribution in [0.3, 0.4) is 0 Å². The maximum absolute atomic E-state index is 10.8. The minimum absolute atomic E-state index is 0.00268. The summed E-state index contributed by atoms with van der Waals surface area (Å²) < 4.78 is 5.02. The molecule has 1 aromatic rings. The van der Waals surface area contributed by atoms with Crippen molar-refractivity contribution in [3.8, 4) is 5.75 Å². The van der Waals surface area contributed by atoms with Crippen LogP contribution >= 0.6 is 11.8 Å². The lowest BCUT2D eigenvalue weighted by atomic mass is 10.1. The van der Waals surface area contributed by atoms with Gasteiger partial charge in [0.2, 0.25) is 0 Å². The summed E-state index contributed by atoms with van der Waals surface area (Å²) in [5.74, 6) is 1.16. The summed E-state index contributed by atoms with van der Waals surface area (Å²) >= 11 is 1.26. The fourth-order valence-corrected chi connectivity index (χ4v) is 1.96. The fraction of sp³-hybridized carbons (Fsp3) is 0.308. The lowest BCUT2D eigenvalue weighted by Crippen LogP contribution is -1.91. The van der Waals surface area contributed by atoms with E-state index < -0.39 is 4.92 Å². The number of carbonyl (C=O) groups is 1. The number of rotatable bonds is 6. The zero-order chi connectivity index (χ0) is 14.3. The molecule has 19 heavy (non-hydrogen) atoms. The number of methoxy groups -OCH3 is 1. The van der Waals surface area contributed by atoms with Crippen LogP contribution in [0.5, 0.6) is 5.75 Å². The Bertz CT molecular complexity index is 499. The lowest BCUT2D eigenvalue weighted by Gasteiger charge is -2.01. The van der Waals surface area contributed by atoms with Gasteiger partial charge in [0.15, 0.2) is 5.12 Å². The summed E-state index contributed by atoms with van der Waals surface area (Å²) in [5, 5.41) is 10.8. The molecule has 0 atom stereocenters. The first-order valence-electron chi connectivity index (χ1n) is 5.66. The Morgan fingerprint density at radius 3 is 2.79 bits per heavy atom. The van der Waals surface area contributed by atoms with Crippen LogP contribution in [0.1, 0.15) is 18.9 Å². The standard InChI is InChI=1S/C13H15NO4S/c1-10(15)19-6-4-3-5-11-7-12(14(16)17)9-13(8-11)18-2/h3,5,7-9H,4,6H2,1-2H3. The third kappa shape index (κ3) is 5.56. The Hall–Kier alpha value is -1.82. The molecule has 0 bridgehead atoms. The van der Waals surface area contributed by atoms with Crippen molar-refractivity contribution in [2.75, 3.05) is 12.9 Å². The predicted octanol–water partition coefficient (Wildman–Crippen LogP) is 3.29. The Labute approximate surface area is 115 Å². The highest BCUT2D eigenvalue weighted by Crippen LogP contribution is 2.23. The van der Waals surface area contributed by atoms with Gasteiger partial charge in [-0.1, -0.05) is 23.9 Å². The van der Waals surface area contributed by atoms with Gasteiger partial charge < -0.3 is 4.74 Å². The van der Waals surface area contributed by atoms with Crippen molar-refractivity contribution in [1.29, 1.82) is 0 Å². The second kappa shape index (κ2) is 7.58. The summed E-state index contributed by atoms with van der Waals surface area (Å²) in [6.45, 7) is 1.53. The third-order valence-electron chi connectivity index (χ3n) is 2.26. The molecule has 6 heteroatoms. The number of benzene rings is 1. The molecular weight excluding hydrogens is 266 g/mol. The van der Waals surface area contributed by atoms with Gasteiger partial charge in [-0.15, -0.1) is 0 Å². The van der Waals surface area contributed by atoms with Gasteiger partial charge in [0.05, 0.1) is 18.1 Å². The van der Waals surface area contributed by atoms with Crippen LogP contribution in [0.15, 0.2) is 24.3 Å². The van der Waals surface area contributed by atoms with Crippen LogP contribution in [0.4, 0.5) is 5.69 Å². The first-order valence-corrected chi connectivity index (χ1v) is 6.65. The van der Waals surface area contributed by atoms with E-state index in [2.05, 4.69) is 0 Å². The van der Waals surface area contributed by atoms with Crippen molar-refractivity contribution in [3.63, 3.8) is 0 Å². The second-order valence-electron chi connectivity index (χ2n) is 3.75. The molecule has 0 aliphatic heterocycles. The molecule has 1 aromatic carbocycles. The average molecular weight is 281 g/mol. The van der Waals surface area contributed by atoms with Gasteiger partial charge in [-0.2, -0.15) is 0 Å². The molecule has 0 saturated carbocycles. The molecule has 1 rings (SSSR count). The van der Waals surface area contributed by atoms with Crippen LogP contribution < -0.4 is 4.74 Å². The number of nitro benzene ring substituents is 1. The molecule has 102 valence electrons. The van der Waals surface area contributed by atoms with Crippen molar-refractivity contribution in [2.45, 2.75) is 13.3 Å². The Balaban J connectivity index is 2.71. The number of hydrogen-bond acceptors (Lipinski definition) is 5. The highest BCUT2D eigenvalue weighted by molar-refractivity contribution is 8.13. The van der Waals surface area contributed by atoms with Crippen LogP contribution in [-0.4, -0.2) is 22.9 Å². The van der Waals surface area contributed by atoms with Crippen molar-refractivity contribution >= 4 is 28.6 Å². The second-order valence-corrected chi connectivity index (χ2v) is 5.02. The van der Waals surface area contributed by atoms with E-state index in [4.69, 9.17) is 4.74 Å². The van der Waals surface area contributed by atoms with E-state index in [1.54, 1.807) is 12.1 Å². The summed E-state index contributed by atoms with van der Waals surface area (Å²) in [7, 11) is 1.47. The Morgan fingerprint density at radius 1 is 1.47 bits per heavy atom.